The molecule has 7 heteroatoms. The van der Waals surface area contributed by atoms with Crippen LogP contribution in [0.2, 0.25) is 0 Å². The van der Waals surface area contributed by atoms with E-state index in [1.807, 2.05) is 23.1 Å². The number of hydrogen-bond donors (Lipinski definition) is 2. The highest BCUT2D eigenvalue weighted by molar-refractivity contribution is 8.03. The van der Waals surface area contributed by atoms with E-state index in [2.05, 4.69) is 0 Å². The minimum Gasteiger partial charge on any atom is -0.508 e. The fraction of sp³-hybridized carbons (Fsp3) is 0.227. The minimum absolute atomic E-state index is 0.202. The summed E-state index contributed by atoms with van der Waals surface area (Å²) in [7, 11) is 0. The van der Waals surface area contributed by atoms with E-state index < -0.39 is 6.16 Å². The largest absolute Gasteiger partial charge is 0.511 e. The van der Waals surface area contributed by atoms with E-state index in [0.29, 0.717) is 18.8 Å². The van der Waals surface area contributed by atoms with E-state index in [1.54, 1.807) is 42.1 Å². The second-order valence-electron chi connectivity index (χ2n) is 6.57. The summed E-state index contributed by atoms with van der Waals surface area (Å²) < 4.78 is 18.0. The van der Waals surface area contributed by atoms with Gasteiger partial charge in [0.25, 0.3) is 0 Å². The maximum atomic E-state index is 13.0. The third-order valence-corrected chi connectivity index (χ3v) is 5.59. The zero-order valence-electron chi connectivity index (χ0n) is 15.8. The predicted octanol–water partition coefficient (Wildman–Crippen LogP) is 5.13. The van der Waals surface area contributed by atoms with Gasteiger partial charge in [0.15, 0.2) is 5.76 Å². The van der Waals surface area contributed by atoms with Gasteiger partial charge in [-0.2, -0.15) is 0 Å². The number of carboxylic acid groups (broad SMARTS) is 1. The molecule has 152 valence electrons. The topological polar surface area (TPSA) is 70.0 Å². The molecule has 0 amide bonds. The number of thioether (sulfide) groups is 1. The van der Waals surface area contributed by atoms with Crippen LogP contribution in [0.4, 0.5) is 9.18 Å². The summed E-state index contributed by atoms with van der Waals surface area (Å²) in [6.07, 6.45) is 3.87. The molecule has 2 N–H and O–H groups in total. The van der Waals surface area contributed by atoms with Gasteiger partial charge in [-0.1, -0.05) is 30.3 Å². The van der Waals surface area contributed by atoms with Crippen molar-refractivity contribution in [3.63, 3.8) is 0 Å². The third-order valence-electron chi connectivity index (χ3n) is 4.36. The maximum Gasteiger partial charge on any atom is 0.511 e. The number of carbonyl (C=O) groups is 1. The van der Waals surface area contributed by atoms with Gasteiger partial charge in [-0.15, -0.1) is 11.8 Å². The molecule has 0 spiro atoms. The molecule has 5 nitrogen and oxygen atoms in total. The van der Waals surface area contributed by atoms with Crippen molar-refractivity contribution in [1.29, 1.82) is 0 Å². The SMILES string of the molecule is O=C(O)OC1=C(SCCCc2ccc(F)cc2)N(Cc2ccc(O)cc2)CC=C1. The Morgan fingerprint density at radius 1 is 1.10 bits per heavy atom. The summed E-state index contributed by atoms with van der Waals surface area (Å²) in [6, 6.07) is 13.4. The van der Waals surface area contributed by atoms with Gasteiger partial charge in [0.2, 0.25) is 0 Å². The Balaban J connectivity index is 1.66. The van der Waals surface area contributed by atoms with Gasteiger partial charge in [0, 0.05) is 13.1 Å². The average Bonchev–Trinajstić information content (AvgIpc) is 2.69. The van der Waals surface area contributed by atoms with Gasteiger partial charge in [0.1, 0.15) is 16.6 Å². The molecule has 2 aromatic carbocycles. The van der Waals surface area contributed by atoms with E-state index in [9.17, 15) is 14.3 Å². The van der Waals surface area contributed by atoms with Gasteiger partial charge in [-0.25, -0.2) is 9.18 Å². The van der Waals surface area contributed by atoms with Crippen LogP contribution >= 0.6 is 11.8 Å². The highest BCUT2D eigenvalue weighted by Gasteiger charge is 2.20. The summed E-state index contributed by atoms with van der Waals surface area (Å²) in [6.45, 7) is 1.20. The second kappa shape index (κ2) is 10.0. The van der Waals surface area contributed by atoms with Gasteiger partial charge >= 0.3 is 6.16 Å². The molecule has 0 aliphatic carbocycles. The molecule has 0 saturated carbocycles. The van der Waals surface area contributed by atoms with Crippen molar-refractivity contribution in [2.75, 3.05) is 12.3 Å². The molecule has 29 heavy (non-hydrogen) atoms. The number of nitrogens with zero attached hydrogens (tertiary/aromatic N) is 1. The van der Waals surface area contributed by atoms with Crippen LogP contribution in [0.3, 0.4) is 0 Å². The van der Waals surface area contributed by atoms with Crippen molar-refractivity contribution in [3.8, 4) is 5.75 Å². The zero-order chi connectivity index (χ0) is 20.6. The molecular formula is C22H22FNO4S. The summed E-state index contributed by atoms with van der Waals surface area (Å²) in [5.41, 5.74) is 2.06. The summed E-state index contributed by atoms with van der Waals surface area (Å²) in [5.74, 6) is 1.03. The quantitative estimate of drug-likeness (QED) is 0.460. The number of allylic oxidation sites excluding steroid dienone is 1. The highest BCUT2D eigenvalue weighted by atomic mass is 32.2. The van der Waals surface area contributed by atoms with Crippen molar-refractivity contribution >= 4 is 17.9 Å². The molecule has 0 fully saturated rings. The van der Waals surface area contributed by atoms with Crippen molar-refractivity contribution in [3.05, 3.63) is 88.4 Å². The Labute approximate surface area is 173 Å². The van der Waals surface area contributed by atoms with E-state index >= 15 is 0 Å². The Hall–Kier alpha value is -2.93. The number of halogens is 1. The molecule has 0 bridgehead atoms. The fourth-order valence-electron chi connectivity index (χ4n) is 2.99. The van der Waals surface area contributed by atoms with Crippen LogP contribution in [-0.2, 0) is 17.7 Å². The molecule has 0 radical (unpaired) electrons. The number of ether oxygens (including phenoxy) is 1. The number of benzene rings is 2. The number of hydrogen-bond acceptors (Lipinski definition) is 5. The first-order valence-corrected chi connectivity index (χ1v) is 10.2. The van der Waals surface area contributed by atoms with Crippen LogP contribution in [0.25, 0.3) is 0 Å². The lowest BCUT2D eigenvalue weighted by molar-refractivity contribution is 0.119. The van der Waals surface area contributed by atoms with Crippen molar-refractivity contribution < 1.29 is 24.1 Å². The molecule has 0 unspecified atom stereocenters. The molecule has 1 aliphatic rings. The van der Waals surface area contributed by atoms with Crippen molar-refractivity contribution in [2.24, 2.45) is 0 Å². The van der Waals surface area contributed by atoms with Crippen LogP contribution < -0.4 is 0 Å². The molecule has 0 atom stereocenters. The monoisotopic (exact) mass is 415 g/mol. The van der Waals surface area contributed by atoms with Gasteiger partial charge in [-0.05, 0) is 60.1 Å². The van der Waals surface area contributed by atoms with Gasteiger partial charge < -0.3 is 19.8 Å². The number of phenolic OH excluding ortho intramolecular Hbond substituents is 1. The van der Waals surface area contributed by atoms with E-state index in [0.717, 1.165) is 34.8 Å². The van der Waals surface area contributed by atoms with Crippen molar-refractivity contribution in [1.82, 2.24) is 4.90 Å². The number of rotatable bonds is 8. The molecule has 1 heterocycles. The van der Waals surface area contributed by atoms with Crippen LogP contribution in [0.15, 0.2) is 71.5 Å². The first kappa shape index (κ1) is 20.8. The van der Waals surface area contributed by atoms with Crippen LogP contribution in [0.5, 0.6) is 5.75 Å². The molecule has 2 aromatic rings. The first-order valence-electron chi connectivity index (χ1n) is 9.23. The number of aryl methyl sites for hydroxylation is 1. The third kappa shape index (κ3) is 6.29. The molecular weight excluding hydrogens is 393 g/mol. The average molecular weight is 415 g/mol. The lowest BCUT2D eigenvalue weighted by Gasteiger charge is -2.29. The van der Waals surface area contributed by atoms with Crippen LogP contribution in [-0.4, -0.2) is 33.6 Å². The molecule has 0 aromatic heterocycles. The molecule has 0 saturated heterocycles. The zero-order valence-corrected chi connectivity index (χ0v) is 16.6. The van der Waals surface area contributed by atoms with E-state index in [4.69, 9.17) is 9.84 Å². The smallest absolute Gasteiger partial charge is 0.508 e. The highest BCUT2D eigenvalue weighted by Crippen LogP contribution is 2.31. The first-order chi connectivity index (χ1) is 14.0. The normalized spacial score (nSPS) is 13.6. The standard InChI is InChI=1S/C22H22FNO4S/c23-18-9-5-16(6-10-18)3-2-14-29-21-20(28-22(26)27)4-1-13-24(21)15-17-7-11-19(25)12-8-17/h1,4-12,25H,2-3,13-15H2,(H,26,27). The lowest BCUT2D eigenvalue weighted by atomic mass is 10.1. The predicted molar refractivity (Wildman–Crippen MR) is 111 cm³/mol. The van der Waals surface area contributed by atoms with Crippen LogP contribution in [0.1, 0.15) is 17.5 Å². The van der Waals surface area contributed by atoms with Crippen molar-refractivity contribution in [2.45, 2.75) is 19.4 Å². The molecule has 3 rings (SSSR count). The van der Waals surface area contributed by atoms with Gasteiger partial charge in [-0.3, -0.25) is 0 Å². The van der Waals surface area contributed by atoms with Gasteiger partial charge in [0.05, 0.1) is 0 Å². The summed E-state index contributed by atoms with van der Waals surface area (Å²) in [5, 5.41) is 19.3. The Morgan fingerprint density at radius 2 is 1.79 bits per heavy atom. The number of aromatic hydroxyl groups is 1. The Morgan fingerprint density at radius 3 is 2.48 bits per heavy atom. The Bertz CT molecular complexity index is 894. The summed E-state index contributed by atoms with van der Waals surface area (Å²) >= 11 is 1.54. The fourth-order valence-corrected chi connectivity index (χ4v) is 4.04. The minimum atomic E-state index is -1.35. The lowest BCUT2D eigenvalue weighted by Crippen LogP contribution is -2.26. The number of phenols is 1. The Kier molecular flexibility index (Phi) is 7.19. The maximum absolute atomic E-state index is 13.0. The van der Waals surface area contributed by atoms with Crippen LogP contribution in [0, 0.1) is 5.82 Å². The van der Waals surface area contributed by atoms with E-state index in [1.165, 1.54) is 12.1 Å². The summed E-state index contributed by atoms with van der Waals surface area (Å²) in [4.78, 5) is 13.1. The second-order valence-corrected chi connectivity index (χ2v) is 7.65. The molecule has 1 aliphatic heterocycles. The van der Waals surface area contributed by atoms with E-state index in [-0.39, 0.29) is 11.6 Å².